The molecule has 2 N–H and O–H groups in total. The zero-order chi connectivity index (χ0) is 13.7. The van der Waals surface area contributed by atoms with E-state index in [9.17, 15) is 8.42 Å². The number of aromatic nitrogens is 1. The van der Waals surface area contributed by atoms with Gasteiger partial charge in [0.05, 0.1) is 5.56 Å². The molecule has 6 nitrogen and oxygen atoms in total. The Morgan fingerprint density at radius 1 is 1.47 bits per heavy atom. The van der Waals surface area contributed by atoms with Crippen LogP contribution < -0.4 is 10.0 Å². The van der Waals surface area contributed by atoms with Gasteiger partial charge in [-0.3, -0.25) is 0 Å². The molecule has 0 saturated carbocycles. The number of piperidine rings is 1. The minimum absolute atomic E-state index is 0.0697. The van der Waals surface area contributed by atoms with E-state index < -0.39 is 10.0 Å². The lowest BCUT2D eigenvalue weighted by atomic mass is 9.99. The summed E-state index contributed by atoms with van der Waals surface area (Å²) in [6.45, 7) is 2.23. The number of rotatable bonds is 4. The van der Waals surface area contributed by atoms with Gasteiger partial charge in [-0.15, -0.1) is 0 Å². The Morgan fingerprint density at radius 3 is 2.89 bits per heavy atom. The Morgan fingerprint density at radius 2 is 2.21 bits per heavy atom. The summed E-state index contributed by atoms with van der Waals surface area (Å²) in [5.74, 6) is 0.338. The van der Waals surface area contributed by atoms with Gasteiger partial charge in [0.15, 0.2) is 5.03 Å². The standard InChI is InChI=1S/C12H16N4O2S/c13-8-11-2-1-5-15-12(11)19(17,18)16-9-10-3-6-14-7-4-10/h1-2,5,10,14,16H,3-4,6-7,9H2. The van der Waals surface area contributed by atoms with Gasteiger partial charge in [0.2, 0.25) is 0 Å². The minimum atomic E-state index is -3.71. The maximum absolute atomic E-state index is 12.1. The first-order valence-corrected chi connectivity index (χ1v) is 7.67. The van der Waals surface area contributed by atoms with Crippen molar-refractivity contribution in [2.75, 3.05) is 19.6 Å². The lowest BCUT2D eigenvalue weighted by Crippen LogP contribution is -2.36. The van der Waals surface area contributed by atoms with Crippen molar-refractivity contribution in [2.45, 2.75) is 17.9 Å². The van der Waals surface area contributed by atoms with E-state index in [1.165, 1.54) is 12.3 Å². The van der Waals surface area contributed by atoms with Crippen LogP contribution in [0, 0.1) is 17.2 Å². The molecule has 2 heterocycles. The number of pyridine rings is 1. The van der Waals surface area contributed by atoms with Crippen molar-refractivity contribution in [1.29, 1.82) is 5.26 Å². The molecule has 1 aromatic heterocycles. The van der Waals surface area contributed by atoms with Crippen molar-refractivity contribution in [3.8, 4) is 6.07 Å². The molecule has 0 aromatic carbocycles. The predicted molar refractivity (Wildman–Crippen MR) is 69.7 cm³/mol. The van der Waals surface area contributed by atoms with Gasteiger partial charge >= 0.3 is 0 Å². The molecule has 0 unspecified atom stereocenters. The molecular formula is C12H16N4O2S. The molecule has 1 fully saturated rings. The lowest BCUT2D eigenvalue weighted by molar-refractivity contribution is 0.372. The molecule has 0 spiro atoms. The number of sulfonamides is 1. The van der Waals surface area contributed by atoms with Crippen molar-refractivity contribution < 1.29 is 8.42 Å². The molecule has 1 saturated heterocycles. The van der Waals surface area contributed by atoms with Crippen LogP contribution in [0.3, 0.4) is 0 Å². The van der Waals surface area contributed by atoms with Crippen LogP contribution in [-0.4, -0.2) is 33.0 Å². The summed E-state index contributed by atoms with van der Waals surface area (Å²) in [6, 6.07) is 4.84. The number of nitrogens with one attached hydrogen (secondary N) is 2. The Balaban J connectivity index is 2.07. The van der Waals surface area contributed by atoms with Gasteiger partial charge < -0.3 is 5.32 Å². The number of hydrogen-bond acceptors (Lipinski definition) is 5. The van der Waals surface area contributed by atoms with Crippen LogP contribution in [0.5, 0.6) is 0 Å². The molecule has 1 aromatic rings. The smallest absolute Gasteiger partial charge is 0.259 e. The van der Waals surface area contributed by atoms with Crippen molar-refractivity contribution in [3.63, 3.8) is 0 Å². The molecule has 1 aliphatic heterocycles. The highest BCUT2D eigenvalue weighted by atomic mass is 32.2. The summed E-state index contributed by atoms with van der Waals surface area (Å²) in [6.07, 6.45) is 3.28. The largest absolute Gasteiger partial charge is 0.317 e. The Hall–Kier alpha value is -1.49. The SMILES string of the molecule is N#Cc1cccnc1S(=O)(=O)NCC1CCNCC1. The third-order valence-electron chi connectivity index (χ3n) is 3.17. The topological polar surface area (TPSA) is 94.9 Å². The van der Waals surface area contributed by atoms with E-state index in [1.54, 1.807) is 6.07 Å². The van der Waals surface area contributed by atoms with Gasteiger partial charge in [-0.05, 0) is 44.0 Å². The second-order valence-electron chi connectivity index (χ2n) is 4.51. The van der Waals surface area contributed by atoms with Crippen molar-refractivity contribution in [1.82, 2.24) is 15.0 Å². The van der Waals surface area contributed by atoms with Crippen molar-refractivity contribution in [2.24, 2.45) is 5.92 Å². The highest BCUT2D eigenvalue weighted by molar-refractivity contribution is 7.89. The van der Waals surface area contributed by atoms with Gasteiger partial charge in [0.25, 0.3) is 10.0 Å². The average Bonchev–Trinajstić information content (AvgIpc) is 2.46. The molecule has 0 aliphatic carbocycles. The number of hydrogen-bond donors (Lipinski definition) is 2. The number of nitrogens with zero attached hydrogens (tertiary/aromatic N) is 2. The fraction of sp³-hybridized carbons (Fsp3) is 0.500. The Bertz CT molecular complexity index is 574. The van der Waals surface area contributed by atoms with Crippen LogP contribution in [0.15, 0.2) is 23.4 Å². The highest BCUT2D eigenvalue weighted by Gasteiger charge is 2.22. The first kappa shape index (κ1) is 13.9. The summed E-state index contributed by atoms with van der Waals surface area (Å²) in [7, 11) is -3.71. The maximum atomic E-state index is 12.1. The molecule has 1 aliphatic rings. The first-order valence-electron chi connectivity index (χ1n) is 6.19. The zero-order valence-corrected chi connectivity index (χ0v) is 11.3. The fourth-order valence-corrected chi connectivity index (χ4v) is 3.27. The van der Waals surface area contributed by atoms with E-state index in [2.05, 4.69) is 15.0 Å². The van der Waals surface area contributed by atoms with Gasteiger partial charge in [-0.1, -0.05) is 0 Å². The lowest BCUT2D eigenvalue weighted by Gasteiger charge is -2.22. The molecule has 0 radical (unpaired) electrons. The molecule has 0 atom stereocenters. The Labute approximate surface area is 112 Å². The summed E-state index contributed by atoms with van der Waals surface area (Å²) in [5.41, 5.74) is 0.0697. The van der Waals surface area contributed by atoms with E-state index in [-0.39, 0.29) is 10.6 Å². The van der Waals surface area contributed by atoms with Gasteiger partial charge in [-0.25, -0.2) is 18.1 Å². The minimum Gasteiger partial charge on any atom is -0.317 e. The second-order valence-corrected chi connectivity index (χ2v) is 6.20. The first-order chi connectivity index (χ1) is 9.13. The van der Waals surface area contributed by atoms with E-state index in [1.807, 2.05) is 6.07 Å². The highest BCUT2D eigenvalue weighted by Crippen LogP contribution is 2.14. The third-order valence-corrected chi connectivity index (χ3v) is 4.55. The summed E-state index contributed by atoms with van der Waals surface area (Å²) in [5, 5.41) is 11.9. The van der Waals surface area contributed by atoms with Crippen LogP contribution in [0.1, 0.15) is 18.4 Å². The van der Waals surface area contributed by atoms with E-state index in [0.29, 0.717) is 12.5 Å². The van der Waals surface area contributed by atoms with Crippen LogP contribution in [0.25, 0.3) is 0 Å². The normalized spacial score (nSPS) is 17.0. The van der Waals surface area contributed by atoms with E-state index >= 15 is 0 Å². The quantitative estimate of drug-likeness (QED) is 0.823. The van der Waals surface area contributed by atoms with Gasteiger partial charge in [-0.2, -0.15) is 5.26 Å². The van der Waals surface area contributed by atoms with Gasteiger partial charge in [0.1, 0.15) is 6.07 Å². The molecule has 7 heteroatoms. The average molecular weight is 280 g/mol. The molecule has 0 amide bonds. The summed E-state index contributed by atoms with van der Waals surface area (Å²) in [4.78, 5) is 3.80. The van der Waals surface area contributed by atoms with Crippen molar-refractivity contribution >= 4 is 10.0 Å². The predicted octanol–water partition coefficient (Wildman–Crippen LogP) is 0.231. The van der Waals surface area contributed by atoms with Gasteiger partial charge in [0, 0.05) is 12.7 Å². The molecule has 102 valence electrons. The van der Waals surface area contributed by atoms with Crippen LogP contribution in [-0.2, 0) is 10.0 Å². The van der Waals surface area contributed by atoms with E-state index in [0.717, 1.165) is 25.9 Å². The Kier molecular flexibility index (Phi) is 4.47. The van der Waals surface area contributed by atoms with E-state index in [4.69, 9.17) is 5.26 Å². The number of nitriles is 1. The molecule has 19 heavy (non-hydrogen) atoms. The van der Waals surface area contributed by atoms with Crippen LogP contribution in [0.2, 0.25) is 0 Å². The summed E-state index contributed by atoms with van der Waals surface area (Å²) >= 11 is 0. The molecule has 2 rings (SSSR count). The monoisotopic (exact) mass is 280 g/mol. The third kappa shape index (κ3) is 3.50. The second kappa shape index (κ2) is 6.10. The fourth-order valence-electron chi connectivity index (χ4n) is 2.07. The zero-order valence-electron chi connectivity index (χ0n) is 10.5. The molecule has 0 bridgehead atoms. The molecular weight excluding hydrogens is 264 g/mol. The summed E-state index contributed by atoms with van der Waals surface area (Å²) < 4.78 is 26.8. The maximum Gasteiger partial charge on any atom is 0.259 e. The van der Waals surface area contributed by atoms with Crippen LogP contribution in [0.4, 0.5) is 0 Å². The van der Waals surface area contributed by atoms with Crippen molar-refractivity contribution in [3.05, 3.63) is 23.9 Å². The van der Waals surface area contributed by atoms with Crippen LogP contribution >= 0.6 is 0 Å².